The van der Waals surface area contributed by atoms with Crippen molar-refractivity contribution in [3.8, 4) is 5.75 Å². The van der Waals surface area contributed by atoms with Crippen LogP contribution in [0.5, 0.6) is 5.75 Å². The van der Waals surface area contributed by atoms with Crippen LogP contribution in [0.1, 0.15) is 75.8 Å². The van der Waals surface area contributed by atoms with E-state index in [0.29, 0.717) is 11.3 Å². The van der Waals surface area contributed by atoms with E-state index in [2.05, 4.69) is 13.0 Å². The first-order valence-electron chi connectivity index (χ1n) is 10.2. The van der Waals surface area contributed by atoms with Gasteiger partial charge in [0.2, 0.25) is 0 Å². The molecule has 138 valence electrons. The number of rotatable bonds is 5. The van der Waals surface area contributed by atoms with Crippen molar-refractivity contribution in [1.82, 2.24) is 0 Å². The third-order valence-corrected chi connectivity index (χ3v) is 6.61. The summed E-state index contributed by atoms with van der Waals surface area (Å²) in [6.07, 6.45) is 14.1. The summed E-state index contributed by atoms with van der Waals surface area (Å²) in [7, 11) is 1.60. The van der Waals surface area contributed by atoms with Crippen LogP contribution >= 0.6 is 0 Å². The van der Waals surface area contributed by atoms with Crippen molar-refractivity contribution in [2.24, 2.45) is 17.8 Å². The second-order valence-corrected chi connectivity index (χ2v) is 8.09. The molecule has 0 aliphatic heterocycles. The van der Waals surface area contributed by atoms with Crippen molar-refractivity contribution in [2.75, 3.05) is 7.11 Å². The summed E-state index contributed by atoms with van der Waals surface area (Å²) in [5, 5.41) is 0. The summed E-state index contributed by atoms with van der Waals surface area (Å²) >= 11 is 0. The lowest BCUT2D eigenvalue weighted by Gasteiger charge is -2.35. The second-order valence-electron chi connectivity index (χ2n) is 8.09. The average Bonchev–Trinajstić information content (AvgIpc) is 2.65. The quantitative estimate of drug-likeness (QED) is 0.562. The predicted molar refractivity (Wildman–Crippen MR) is 103 cm³/mol. The highest BCUT2D eigenvalue weighted by atomic mass is 19.1. The summed E-state index contributed by atoms with van der Waals surface area (Å²) in [5.74, 6) is 3.22. The van der Waals surface area contributed by atoms with E-state index in [0.717, 1.165) is 36.2 Å². The Hall–Kier alpha value is -1.31. The van der Waals surface area contributed by atoms with Crippen LogP contribution in [-0.4, -0.2) is 7.11 Å². The number of methoxy groups -OCH3 is 1. The van der Waals surface area contributed by atoms with Gasteiger partial charge in [0, 0.05) is 11.1 Å². The van der Waals surface area contributed by atoms with E-state index in [9.17, 15) is 4.39 Å². The molecule has 2 aliphatic carbocycles. The van der Waals surface area contributed by atoms with Crippen molar-refractivity contribution in [2.45, 2.75) is 71.6 Å². The molecule has 1 aromatic rings. The molecule has 0 radical (unpaired) electrons. The van der Waals surface area contributed by atoms with Crippen molar-refractivity contribution in [1.29, 1.82) is 0 Å². The molecule has 3 rings (SSSR count). The monoisotopic (exact) mass is 344 g/mol. The zero-order valence-electron chi connectivity index (χ0n) is 16.1. The van der Waals surface area contributed by atoms with Gasteiger partial charge in [-0.05, 0) is 74.5 Å². The molecule has 25 heavy (non-hydrogen) atoms. The Morgan fingerprint density at radius 3 is 2.44 bits per heavy atom. The number of ether oxygens (including phenoxy) is 1. The van der Waals surface area contributed by atoms with Crippen LogP contribution in [0.2, 0.25) is 0 Å². The van der Waals surface area contributed by atoms with Gasteiger partial charge in [-0.3, -0.25) is 0 Å². The molecule has 1 atom stereocenters. The van der Waals surface area contributed by atoms with Crippen LogP contribution in [0.15, 0.2) is 18.2 Å². The minimum atomic E-state index is -0.107. The molecule has 2 aliphatic rings. The zero-order chi connectivity index (χ0) is 17.8. The highest BCUT2D eigenvalue weighted by Crippen LogP contribution is 2.42. The highest BCUT2D eigenvalue weighted by molar-refractivity contribution is 5.68. The van der Waals surface area contributed by atoms with E-state index in [4.69, 9.17) is 4.74 Å². The fraction of sp³-hybridized carbons (Fsp3) is 0.652. The summed E-state index contributed by atoms with van der Waals surface area (Å²) in [6.45, 7) is 4.11. The summed E-state index contributed by atoms with van der Waals surface area (Å²) in [4.78, 5) is 0. The molecule has 1 aromatic carbocycles. The number of hydrogen-bond donors (Lipinski definition) is 0. The molecule has 0 aromatic heterocycles. The Labute approximate surface area is 152 Å². The van der Waals surface area contributed by atoms with Gasteiger partial charge in [-0.15, -0.1) is 0 Å². The van der Waals surface area contributed by atoms with Crippen molar-refractivity contribution in [3.05, 3.63) is 35.2 Å². The summed E-state index contributed by atoms with van der Waals surface area (Å²) < 4.78 is 19.9. The lowest BCUT2D eigenvalue weighted by Crippen LogP contribution is -2.23. The van der Waals surface area contributed by atoms with Crippen LogP contribution in [0.4, 0.5) is 4.39 Å². The third-order valence-electron chi connectivity index (χ3n) is 6.61. The molecule has 1 fully saturated rings. The first-order chi connectivity index (χ1) is 12.1. The highest BCUT2D eigenvalue weighted by Gasteiger charge is 2.29. The minimum Gasteiger partial charge on any atom is -0.496 e. The Balaban J connectivity index is 1.63. The fourth-order valence-corrected chi connectivity index (χ4v) is 5.02. The molecule has 0 bridgehead atoms. The number of benzene rings is 1. The molecular weight excluding hydrogens is 311 g/mol. The van der Waals surface area contributed by atoms with Crippen molar-refractivity contribution < 1.29 is 9.13 Å². The van der Waals surface area contributed by atoms with Gasteiger partial charge in [-0.1, -0.05) is 38.7 Å². The van der Waals surface area contributed by atoms with Crippen LogP contribution in [0, 0.1) is 30.5 Å². The van der Waals surface area contributed by atoms with E-state index in [1.165, 1.54) is 50.5 Å². The smallest absolute Gasteiger partial charge is 0.137 e. The lowest BCUT2D eigenvalue weighted by atomic mass is 9.70. The maximum absolute atomic E-state index is 14.7. The molecule has 0 heterocycles. The molecule has 0 N–H and O–H groups in total. The Kier molecular flexibility index (Phi) is 6.19. The number of allylic oxidation sites excluding steroid dienone is 2. The Morgan fingerprint density at radius 2 is 1.84 bits per heavy atom. The van der Waals surface area contributed by atoms with Crippen molar-refractivity contribution >= 4 is 5.57 Å². The van der Waals surface area contributed by atoms with Crippen molar-refractivity contribution in [3.63, 3.8) is 0 Å². The average molecular weight is 345 g/mol. The normalized spacial score (nSPS) is 27.0. The molecule has 2 heteroatoms. The standard InChI is InChI=1S/C23H33FO/c1-4-5-17-6-8-18(9-7-17)19-10-12-20(13-11-19)21-14-15-22(25-3)16(2)23(21)24/h12,14-15,17-19H,4-11,13H2,1-3H3. The van der Waals surface area contributed by atoms with E-state index >= 15 is 0 Å². The van der Waals surface area contributed by atoms with E-state index in [-0.39, 0.29) is 5.82 Å². The summed E-state index contributed by atoms with van der Waals surface area (Å²) in [6, 6.07) is 3.79. The molecule has 0 spiro atoms. The fourth-order valence-electron chi connectivity index (χ4n) is 5.02. The largest absolute Gasteiger partial charge is 0.496 e. The zero-order valence-corrected chi connectivity index (χ0v) is 16.1. The molecule has 0 saturated heterocycles. The lowest BCUT2D eigenvalue weighted by molar-refractivity contribution is 0.189. The van der Waals surface area contributed by atoms with Gasteiger partial charge < -0.3 is 4.74 Å². The minimum absolute atomic E-state index is 0.107. The molecule has 0 amide bonds. The van der Waals surface area contributed by atoms with Gasteiger partial charge in [-0.2, -0.15) is 0 Å². The van der Waals surface area contributed by atoms with Crippen LogP contribution in [0.25, 0.3) is 5.57 Å². The molecule has 1 saturated carbocycles. The van der Waals surface area contributed by atoms with Gasteiger partial charge in [0.1, 0.15) is 11.6 Å². The van der Waals surface area contributed by atoms with Gasteiger partial charge >= 0.3 is 0 Å². The molecule has 1 nitrogen and oxygen atoms in total. The summed E-state index contributed by atoms with van der Waals surface area (Å²) in [5.41, 5.74) is 2.60. The maximum Gasteiger partial charge on any atom is 0.137 e. The van der Waals surface area contributed by atoms with E-state index in [1.54, 1.807) is 14.0 Å². The third kappa shape index (κ3) is 4.10. The van der Waals surface area contributed by atoms with Crippen LogP contribution in [-0.2, 0) is 0 Å². The number of hydrogen-bond acceptors (Lipinski definition) is 1. The van der Waals surface area contributed by atoms with Gasteiger partial charge in [0.25, 0.3) is 0 Å². The Morgan fingerprint density at radius 1 is 1.08 bits per heavy atom. The first-order valence-corrected chi connectivity index (χ1v) is 10.2. The maximum atomic E-state index is 14.7. The number of halogens is 1. The SMILES string of the molecule is CCCC1CCC(C2CC=C(c3ccc(OC)c(C)c3F)CC2)CC1. The van der Waals surface area contributed by atoms with E-state index < -0.39 is 0 Å². The topological polar surface area (TPSA) is 9.23 Å². The Bertz CT molecular complexity index is 611. The van der Waals surface area contributed by atoms with Gasteiger partial charge in [0.15, 0.2) is 0 Å². The van der Waals surface area contributed by atoms with Crippen LogP contribution in [0.3, 0.4) is 0 Å². The second kappa shape index (κ2) is 8.38. The molecular formula is C23H33FO. The van der Waals surface area contributed by atoms with Crippen LogP contribution < -0.4 is 4.74 Å². The first kappa shape index (κ1) is 18.5. The predicted octanol–water partition coefficient (Wildman–Crippen LogP) is 6.93. The van der Waals surface area contributed by atoms with Gasteiger partial charge in [0.05, 0.1) is 7.11 Å². The van der Waals surface area contributed by atoms with E-state index in [1.807, 2.05) is 12.1 Å². The molecule has 1 unspecified atom stereocenters. The van der Waals surface area contributed by atoms with Gasteiger partial charge in [-0.25, -0.2) is 4.39 Å².